The Kier molecular flexibility index (Phi) is 3.87. The first kappa shape index (κ1) is 12.9. The summed E-state index contributed by atoms with van der Waals surface area (Å²) in [4.78, 5) is 13.4. The Morgan fingerprint density at radius 2 is 2.28 bits per heavy atom. The van der Waals surface area contributed by atoms with Gasteiger partial charge in [0.05, 0.1) is 7.11 Å². The van der Waals surface area contributed by atoms with Gasteiger partial charge in [0.15, 0.2) is 0 Å². The number of carbonyl (C=O) groups excluding carboxylic acids is 1. The molecule has 1 amide bonds. The van der Waals surface area contributed by atoms with E-state index in [1.807, 2.05) is 7.05 Å². The molecule has 1 heterocycles. The maximum Gasteiger partial charge on any atom is 0.410 e. The molecule has 0 radical (unpaired) electrons. The summed E-state index contributed by atoms with van der Waals surface area (Å²) in [6.07, 6.45) is 0.648. The van der Waals surface area contributed by atoms with Crippen molar-refractivity contribution < 1.29 is 9.53 Å². The van der Waals surface area contributed by atoms with Crippen LogP contribution in [0.25, 0.3) is 0 Å². The fourth-order valence-electron chi connectivity index (χ4n) is 2.47. The molecule has 0 spiro atoms. The molecule has 1 aromatic rings. The largest absolute Gasteiger partial charge is 0.453 e. The summed E-state index contributed by atoms with van der Waals surface area (Å²) in [6.45, 7) is 3.58. The average Bonchev–Trinajstić information content (AvgIpc) is 2.37. The predicted octanol–water partition coefficient (Wildman–Crippen LogP) is 1.92. The Balaban J connectivity index is 2.22. The second kappa shape index (κ2) is 5.40. The molecule has 0 fully saturated rings. The van der Waals surface area contributed by atoms with Crippen molar-refractivity contribution in [2.75, 3.05) is 14.2 Å². The summed E-state index contributed by atoms with van der Waals surface area (Å²) >= 11 is 0. The van der Waals surface area contributed by atoms with Gasteiger partial charge < -0.3 is 15.0 Å². The van der Waals surface area contributed by atoms with Crippen molar-refractivity contribution in [3.8, 4) is 0 Å². The Hall–Kier alpha value is -1.55. The van der Waals surface area contributed by atoms with E-state index in [1.165, 1.54) is 23.8 Å². The third-order valence-electron chi connectivity index (χ3n) is 3.45. The van der Waals surface area contributed by atoms with E-state index in [4.69, 9.17) is 4.74 Å². The topological polar surface area (TPSA) is 41.6 Å². The van der Waals surface area contributed by atoms with E-state index in [0.29, 0.717) is 6.54 Å². The number of nitrogens with one attached hydrogen (secondary N) is 1. The Bertz CT molecular complexity index is 445. The number of hydrogen-bond donors (Lipinski definition) is 1. The molecule has 0 bridgehead atoms. The normalized spacial score (nSPS) is 18.4. The lowest BCUT2D eigenvalue weighted by Gasteiger charge is -2.33. The van der Waals surface area contributed by atoms with Crippen molar-refractivity contribution >= 4 is 6.09 Å². The van der Waals surface area contributed by atoms with E-state index in [9.17, 15) is 4.79 Å². The first-order chi connectivity index (χ1) is 8.65. The molecule has 0 aromatic heterocycles. The van der Waals surface area contributed by atoms with E-state index < -0.39 is 0 Å². The van der Waals surface area contributed by atoms with Crippen molar-refractivity contribution in [1.29, 1.82) is 0 Å². The fraction of sp³-hybridized carbons (Fsp3) is 0.500. The van der Waals surface area contributed by atoms with Gasteiger partial charge in [-0.15, -0.1) is 0 Å². The zero-order valence-corrected chi connectivity index (χ0v) is 11.2. The molecule has 0 saturated heterocycles. The van der Waals surface area contributed by atoms with Crippen LogP contribution in [0.1, 0.15) is 23.6 Å². The fourth-order valence-corrected chi connectivity index (χ4v) is 2.47. The van der Waals surface area contributed by atoms with Crippen LogP contribution in [0.2, 0.25) is 0 Å². The second-order valence-corrected chi connectivity index (χ2v) is 4.78. The highest BCUT2D eigenvalue weighted by Gasteiger charge is 2.27. The summed E-state index contributed by atoms with van der Waals surface area (Å²) < 4.78 is 4.81. The lowest BCUT2D eigenvalue weighted by atomic mass is 9.93. The number of rotatable bonds is 2. The van der Waals surface area contributed by atoms with Gasteiger partial charge in [0.25, 0.3) is 0 Å². The van der Waals surface area contributed by atoms with Crippen LogP contribution in [-0.4, -0.2) is 31.2 Å². The van der Waals surface area contributed by atoms with Gasteiger partial charge in [0, 0.05) is 19.1 Å². The highest BCUT2D eigenvalue weighted by molar-refractivity contribution is 5.68. The number of nitrogens with zero attached hydrogens (tertiary/aromatic N) is 1. The number of amides is 1. The minimum absolute atomic E-state index is 0.190. The molecule has 4 heteroatoms. The maximum atomic E-state index is 11.7. The van der Waals surface area contributed by atoms with Crippen molar-refractivity contribution in [2.24, 2.45) is 0 Å². The average molecular weight is 248 g/mol. The third-order valence-corrected chi connectivity index (χ3v) is 3.45. The van der Waals surface area contributed by atoms with Gasteiger partial charge in [0.2, 0.25) is 0 Å². The van der Waals surface area contributed by atoms with Crippen molar-refractivity contribution in [3.05, 3.63) is 34.9 Å². The lowest BCUT2D eigenvalue weighted by molar-refractivity contribution is 0.100. The van der Waals surface area contributed by atoms with Gasteiger partial charge in [-0.3, -0.25) is 0 Å². The SMILES string of the molecule is CNCc1ccc2c(c1)CC(C)N(C(=O)OC)C2. The smallest absolute Gasteiger partial charge is 0.410 e. The molecular formula is C14H20N2O2. The molecule has 1 aliphatic rings. The maximum absolute atomic E-state index is 11.7. The number of methoxy groups -OCH3 is 1. The first-order valence-corrected chi connectivity index (χ1v) is 6.25. The Morgan fingerprint density at radius 3 is 2.94 bits per heavy atom. The van der Waals surface area contributed by atoms with Gasteiger partial charge in [-0.25, -0.2) is 4.79 Å². The Morgan fingerprint density at radius 1 is 1.50 bits per heavy atom. The van der Waals surface area contributed by atoms with E-state index in [1.54, 1.807) is 4.90 Å². The number of hydrogen-bond acceptors (Lipinski definition) is 3. The zero-order valence-electron chi connectivity index (χ0n) is 11.2. The molecule has 1 atom stereocenters. The van der Waals surface area contributed by atoms with Crippen LogP contribution in [0.5, 0.6) is 0 Å². The number of fused-ring (bicyclic) bond motifs is 1. The molecule has 18 heavy (non-hydrogen) atoms. The van der Waals surface area contributed by atoms with Gasteiger partial charge >= 0.3 is 6.09 Å². The summed E-state index contributed by atoms with van der Waals surface area (Å²) in [5, 5.41) is 3.15. The van der Waals surface area contributed by atoms with Gasteiger partial charge in [-0.05, 0) is 37.1 Å². The number of carbonyl (C=O) groups is 1. The highest BCUT2D eigenvalue weighted by atomic mass is 16.5. The molecule has 0 aliphatic carbocycles. The van der Waals surface area contributed by atoms with Crippen LogP contribution in [0.4, 0.5) is 4.79 Å². The zero-order chi connectivity index (χ0) is 13.1. The molecule has 1 aliphatic heterocycles. The van der Waals surface area contributed by atoms with Crippen LogP contribution in [0.3, 0.4) is 0 Å². The molecule has 4 nitrogen and oxygen atoms in total. The molecule has 0 saturated carbocycles. The van der Waals surface area contributed by atoms with Crippen LogP contribution in [0.15, 0.2) is 18.2 Å². The minimum atomic E-state index is -0.243. The van der Waals surface area contributed by atoms with Crippen LogP contribution < -0.4 is 5.32 Å². The molecule has 2 rings (SSSR count). The van der Waals surface area contributed by atoms with Crippen LogP contribution in [-0.2, 0) is 24.2 Å². The molecular weight excluding hydrogens is 228 g/mol. The van der Waals surface area contributed by atoms with E-state index >= 15 is 0 Å². The summed E-state index contributed by atoms with van der Waals surface area (Å²) in [6, 6.07) is 6.65. The van der Waals surface area contributed by atoms with E-state index in [0.717, 1.165) is 13.0 Å². The highest BCUT2D eigenvalue weighted by Crippen LogP contribution is 2.24. The Labute approximate surface area is 108 Å². The van der Waals surface area contributed by atoms with Crippen molar-refractivity contribution in [3.63, 3.8) is 0 Å². The lowest BCUT2D eigenvalue weighted by Crippen LogP contribution is -2.42. The number of benzene rings is 1. The molecule has 1 unspecified atom stereocenters. The van der Waals surface area contributed by atoms with Crippen LogP contribution in [0, 0.1) is 0 Å². The first-order valence-electron chi connectivity index (χ1n) is 6.25. The minimum Gasteiger partial charge on any atom is -0.453 e. The monoisotopic (exact) mass is 248 g/mol. The van der Waals surface area contributed by atoms with Crippen molar-refractivity contribution in [2.45, 2.75) is 32.5 Å². The van der Waals surface area contributed by atoms with Crippen LogP contribution >= 0.6 is 0 Å². The van der Waals surface area contributed by atoms with Gasteiger partial charge in [-0.2, -0.15) is 0 Å². The van der Waals surface area contributed by atoms with Gasteiger partial charge in [-0.1, -0.05) is 18.2 Å². The number of ether oxygens (including phenoxy) is 1. The standard InChI is InChI=1S/C14H20N2O2/c1-10-6-13-7-11(8-15-2)4-5-12(13)9-16(10)14(17)18-3/h4-5,7,10,15H,6,8-9H2,1-3H3. The summed E-state index contributed by atoms with van der Waals surface area (Å²) in [7, 11) is 3.38. The summed E-state index contributed by atoms with van der Waals surface area (Å²) in [5.74, 6) is 0. The molecule has 98 valence electrons. The molecule has 1 aromatic carbocycles. The third kappa shape index (κ3) is 2.48. The summed E-state index contributed by atoms with van der Waals surface area (Å²) in [5.41, 5.74) is 3.85. The molecule has 1 N–H and O–H groups in total. The van der Waals surface area contributed by atoms with E-state index in [-0.39, 0.29) is 12.1 Å². The van der Waals surface area contributed by atoms with E-state index in [2.05, 4.69) is 30.4 Å². The van der Waals surface area contributed by atoms with Crippen molar-refractivity contribution in [1.82, 2.24) is 10.2 Å². The predicted molar refractivity (Wildman–Crippen MR) is 70.3 cm³/mol. The second-order valence-electron chi connectivity index (χ2n) is 4.78. The van der Waals surface area contributed by atoms with Gasteiger partial charge in [0.1, 0.15) is 0 Å². The quantitative estimate of drug-likeness (QED) is 0.869.